The van der Waals surface area contributed by atoms with Gasteiger partial charge < -0.3 is 0 Å². The molecule has 1 saturated carbocycles. The van der Waals surface area contributed by atoms with Crippen molar-refractivity contribution in [3.63, 3.8) is 0 Å². The lowest BCUT2D eigenvalue weighted by Crippen LogP contribution is -2.26. The second-order valence-corrected chi connectivity index (χ2v) is 8.08. The molecule has 0 radical (unpaired) electrons. The average Bonchev–Trinajstić information content (AvgIpc) is 2.85. The van der Waals surface area contributed by atoms with Gasteiger partial charge in [0.1, 0.15) is 0 Å². The van der Waals surface area contributed by atoms with E-state index in [9.17, 15) is 12.8 Å². The van der Waals surface area contributed by atoms with Crippen molar-refractivity contribution >= 4 is 26.0 Å². The number of halogens is 2. The Morgan fingerprint density at radius 3 is 2.47 bits per heavy atom. The van der Waals surface area contributed by atoms with Crippen LogP contribution in [0.25, 0.3) is 0 Å². The normalized spacial score (nSPS) is 28.3. The number of hydrogen-bond acceptors (Lipinski definition) is 2. The van der Waals surface area contributed by atoms with Crippen molar-refractivity contribution in [1.29, 1.82) is 0 Å². The van der Waals surface area contributed by atoms with Crippen LogP contribution in [0, 0.1) is 5.92 Å². The van der Waals surface area contributed by atoms with Crippen LogP contribution in [0.1, 0.15) is 45.4 Å². The summed E-state index contributed by atoms with van der Waals surface area (Å²) in [6.45, 7) is 2.15. The van der Waals surface area contributed by atoms with Gasteiger partial charge in [0.05, 0.1) is 5.75 Å². The molecule has 1 N–H and O–H groups in total. The van der Waals surface area contributed by atoms with E-state index in [0.717, 1.165) is 32.1 Å². The third-order valence-electron chi connectivity index (χ3n) is 3.14. The van der Waals surface area contributed by atoms with E-state index in [4.69, 9.17) is 0 Å². The summed E-state index contributed by atoms with van der Waals surface area (Å²) < 4.78 is 36.8. The van der Waals surface area contributed by atoms with Crippen molar-refractivity contribution in [2.24, 2.45) is 5.92 Å². The first-order chi connectivity index (χ1) is 7.87. The van der Waals surface area contributed by atoms with Crippen LogP contribution < -0.4 is 4.72 Å². The van der Waals surface area contributed by atoms with Crippen molar-refractivity contribution in [3.8, 4) is 0 Å². The van der Waals surface area contributed by atoms with Gasteiger partial charge in [0, 0.05) is 12.5 Å². The van der Waals surface area contributed by atoms with Gasteiger partial charge in [-0.15, -0.1) is 0 Å². The molecule has 0 bridgehead atoms. The third kappa shape index (κ3) is 6.15. The van der Waals surface area contributed by atoms with E-state index in [-0.39, 0.29) is 11.7 Å². The molecular formula is C11H21BrFNO2S. The van der Waals surface area contributed by atoms with Gasteiger partial charge in [0.15, 0.2) is 4.58 Å². The molecule has 17 heavy (non-hydrogen) atoms. The molecule has 0 amide bonds. The molecule has 0 aromatic heterocycles. The van der Waals surface area contributed by atoms with E-state index in [1.54, 1.807) is 6.92 Å². The highest BCUT2D eigenvalue weighted by Gasteiger charge is 2.52. The maximum atomic E-state index is 13.1. The van der Waals surface area contributed by atoms with E-state index in [1.807, 2.05) is 0 Å². The van der Waals surface area contributed by atoms with Crippen LogP contribution in [0.3, 0.4) is 0 Å². The van der Waals surface area contributed by atoms with Gasteiger partial charge in [-0.2, -0.15) is 0 Å². The molecule has 102 valence electrons. The maximum Gasteiger partial charge on any atom is 0.211 e. The molecule has 1 aliphatic carbocycles. The Kier molecular flexibility index (Phi) is 5.86. The highest BCUT2D eigenvalue weighted by molar-refractivity contribution is 9.10. The van der Waals surface area contributed by atoms with Crippen molar-refractivity contribution in [2.45, 2.75) is 50.0 Å². The summed E-state index contributed by atoms with van der Waals surface area (Å²) in [7, 11) is -3.04. The second kappa shape index (κ2) is 6.48. The Balaban J connectivity index is 1.89. The molecule has 0 aromatic rings. The lowest BCUT2D eigenvalue weighted by Gasteiger charge is -2.04. The van der Waals surface area contributed by atoms with Gasteiger partial charge in [0.25, 0.3) is 0 Å². The first-order valence-electron chi connectivity index (χ1n) is 6.22. The second-order valence-electron chi connectivity index (χ2n) is 4.66. The average molecular weight is 330 g/mol. The van der Waals surface area contributed by atoms with Gasteiger partial charge in [-0.05, 0) is 42.1 Å². The molecule has 2 atom stereocenters. The van der Waals surface area contributed by atoms with Crippen molar-refractivity contribution in [3.05, 3.63) is 0 Å². The summed E-state index contributed by atoms with van der Waals surface area (Å²) in [6, 6.07) is 0. The fourth-order valence-corrected chi connectivity index (χ4v) is 3.06. The van der Waals surface area contributed by atoms with E-state index in [1.165, 1.54) is 0 Å². The quantitative estimate of drug-likeness (QED) is 0.522. The minimum absolute atomic E-state index is 0.137. The number of hydrogen-bond donors (Lipinski definition) is 1. The Bertz CT molecular complexity index is 332. The lowest BCUT2D eigenvalue weighted by molar-refractivity contribution is 0.400. The van der Waals surface area contributed by atoms with Crippen LogP contribution in [0.4, 0.5) is 4.39 Å². The van der Waals surface area contributed by atoms with Crippen molar-refractivity contribution in [1.82, 2.24) is 4.72 Å². The summed E-state index contributed by atoms with van der Waals surface area (Å²) in [6.07, 6.45) is 5.52. The molecule has 2 unspecified atom stereocenters. The summed E-state index contributed by atoms with van der Waals surface area (Å²) in [5, 5.41) is 0. The molecule has 1 fully saturated rings. The zero-order valence-electron chi connectivity index (χ0n) is 10.2. The van der Waals surface area contributed by atoms with Gasteiger partial charge >= 0.3 is 0 Å². The van der Waals surface area contributed by atoms with Crippen LogP contribution in [0.2, 0.25) is 0 Å². The fourth-order valence-electron chi connectivity index (χ4n) is 1.78. The minimum Gasteiger partial charge on any atom is -0.231 e. The zero-order chi connectivity index (χ0) is 12.9. The van der Waals surface area contributed by atoms with E-state index in [0.29, 0.717) is 13.0 Å². The van der Waals surface area contributed by atoms with E-state index in [2.05, 4.69) is 20.7 Å². The molecule has 0 heterocycles. The Morgan fingerprint density at radius 2 is 1.94 bits per heavy atom. The molecule has 6 heteroatoms. The number of sulfonamides is 1. The molecular weight excluding hydrogens is 309 g/mol. The minimum atomic E-state index is -3.04. The van der Waals surface area contributed by atoms with E-state index >= 15 is 0 Å². The molecule has 0 saturated heterocycles. The molecule has 0 aromatic carbocycles. The van der Waals surface area contributed by atoms with Gasteiger partial charge in [-0.1, -0.05) is 19.3 Å². The molecule has 1 aliphatic rings. The van der Waals surface area contributed by atoms with E-state index < -0.39 is 14.6 Å². The molecule has 0 spiro atoms. The summed E-state index contributed by atoms with van der Waals surface area (Å²) in [5.74, 6) is 0.333. The summed E-state index contributed by atoms with van der Waals surface area (Å²) in [4.78, 5) is 0. The highest BCUT2D eigenvalue weighted by Crippen LogP contribution is 2.54. The highest BCUT2D eigenvalue weighted by atomic mass is 79.9. The van der Waals surface area contributed by atoms with Gasteiger partial charge in [0.2, 0.25) is 10.0 Å². The van der Waals surface area contributed by atoms with Gasteiger partial charge in [-0.3, -0.25) is 0 Å². The molecule has 1 rings (SSSR count). The summed E-state index contributed by atoms with van der Waals surface area (Å²) >= 11 is 3.03. The van der Waals surface area contributed by atoms with Crippen LogP contribution in [0.5, 0.6) is 0 Å². The summed E-state index contributed by atoms with van der Waals surface area (Å²) in [5.41, 5.74) is 0. The zero-order valence-corrected chi connectivity index (χ0v) is 12.6. The number of unbranched alkanes of at least 4 members (excludes halogenated alkanes) is 3. The lowest BCUT2D eigenvalue weighted by atomic mass is 10.1. The van der Waals surface area contributed by atoms with Crippen molar-refractivity contribution < 1.29 is 12.8 Å². The largest absolute Gasteiger partial charge is 0.231 e. The molecule has 0 aliphatic heterocycles. The number of rotatable bonds is 9. The Hall–Kier alpha value is 0.320. The monoisotopic (exact) mass is 329 g/mol. The Labute approximate surface area is 112 Å². The number of nitrogens with one attached hydrogen (secondary N) is 1. The SMILES string of the molecule is CCS(=O)(=O)NCCCCCCC1CC1(F)Br. The number of alkyl halides is 2. The first kappa shape index (κ1) is 15.4. The smallest absolute Gasteiger partial charge is 0.211 e. The van der Waals surface area contributed by atoms with Crippen LogP contribution in [0.15, 0.2) is 0 Å². The maximum absolute atomic E-state index is 13.1. The predicted octanol–water partition coefficient (Wildman–Crippen LogP) is 2.96. The third-order valence-corrected chi connectivity index (χ3v) is 5.51. The van der Waals surface area contributed by atoms with Crippen LogP contribution in [-0.4, -0.2) is 25.3 Å². The van der Waals surface area contributed by atoms with Gasteiger partial charge in [-0.25, -0.2) is 17.5 Å². The first-order valence-corrected chi connectivity index (χ1v) is 8.67. The van der Waals surface area contributed by atoms with Crippen LogP contribution >= 0.6 is 15.9 Å². The van der Waals surface area contributed by atoms with Crippen LogP contribution in [-0.2, 0) is 10.0 Å². The topological polar surface area (TPSA) is 46.2 Å². The predicted molar refractivity (Wildman–Crippen MR) is 71.4 cm³/mol. The van der Waals surface area contributed by atoms with Crippen molar-refractivity contribution in [2.75, 3.05) is 12.3 Å². The standard InChI is InChI=1S/C11H21BrFNO2S/c1-2-17(15,16)14-8-6-4-3-5-7-10-9-11(10,12)13/h10,14H,2-9H2,1H3. The fraction of sp³-hybridized carbons (Fsp3) is 1.00. The molecule has 3 nitrogen and oxygen atoms in total. The Morgan fingerprint density at radius 1 is 1.35 bits per heavy atom.